The first kappa shape index (κ1) is 29.9. The van der Waals surface area contributed by atoms with Crippen LogP contribution in [0.4, 0.5) is 0 Å². The van der Waals surface area contributed by atoms with Crippen LogP contribution in [0.5, 0.6) is 0 Å². The first-order chi connectivity index (χ1) is 20.7. The molecular formula is C39H56O5. The number of benzene rings is 1. The van der Waals surface area contributed by atoms with Gasteiger partial charge in [0.25, 0.3) is 0 Å². The summed E-state index contributed by atoms with van der Waals surface area (Å²) in [5.74, 6) is -1.40. The number of carboxylic acid groups (broad SMARTS) is 1. The molecule has 2 spiro atoms. The fraction of sp³-hybridized carbons (Fsp3) is 0.821. The van der Waals surface area contributed by atoms with Gasteiger partial charge in [0.2, 0.25) is 0 Å². The van der Waals surface area contributed by atoms with Crippen molar-refractivity contribution in [2.45, 2.75) is 143 Å². The summed E-state index contributed by atoms with van der Waals surface area (Å²) < 4.78 is 6.75. The van der Waals surface area contributed by atoms with Crippen molar-refractivity contribution in [1.82, 2.24) is 0 Å². The summed E-state index contributed by atoms with van der Waals surface area (Å²) >= 11 is 0. The molecule has 6 aliphatic carbocycles. The van der Waals surface area contributed by atoms with E-state index in [-0.39, 0.29) is 50.4 Å². The molecular weight excluding hydrogens is 548 g/mol. The second-order valence-corrected chi connectivity index (χ2v) is 18.3. The van der Waals surface area contributed by atoms with Crippen molar-refractivity contribution in [3.63, 3.8) is 0 Å². The molecule has 8 rings (SSSR count). The van der Waals surface area contributed by atoms with Crippen LogP contribution in [0, 0.1) is 55.7 Å². The second kappa shape index (κ2) is 8.92. The predicted molar refractivity (Wildman–Crippen MR) is 170 cm³/mol. The van der Waals surface area contributed by atoms with Crippen molar-refractivity contribution in [2.24, 2.45) is 55.7 Å². The zero-order chi connectivity index (χ0) is 31.2. The van der Waals surface area contributed by atoms with Crippen LogP contribution in [0.25, 0.3) is 0 Å². The molecule has 7 aliphatic rings. The molecule has 1 aromatic carbocycles. The number of rotatable bonds is 3. The summed E-state index contributed by atoms with van der Waals surface area (Å²) in [7, 11) is 0. The van der Waals surface area contributed by atoms with Crippen LogP contribution in [-0.4, -0.2) is 39.3 Å². The summed E-state index contributed by atoms with van der Waals surface area (Å²) in [4.78, 5) is 12.7. The van der Waals surface area contributed by atoms with Crippen molar-refractivity contribution in [3.05, 3.63) is 35.9 Å². The van der Waals surface area contributed by atoms with Gasteiger partial charge >= 0.3 is 5.97 Å². The highest BCUT2D eigenvalue weighted by Crippen LogP contribution is 2.87. The monoisotopic (exact) mass is 604 g/mol. The van der Waals surface area contributed by atoms with Gasteiger partial charge in [0.15, 0.2) is 5.79 Å². The first-order valence-corrected chi connectivity index (χ1v) is 18.0. The minimum atomic E-state index is -1.28. The Kier molecular flexibility index (Phi) is 6.07. The Labute approximate surface area is 264 Å². The average Bonchev–Trinajstić information content (AvgIpc) is 3.09. The number of carbonyl (C=O) groups is 1. The Bertz CT molecular complexity index is 1360. The van der Waals surface area contributed by atoms with Crippen LogP contribution in [0.1, 0.15) is 124 Å². The zero-order valence-electron chi connectivity index (χ0n) is 27.8. The minimum absolute atomic E-state index is 0.0290. The van der Waals surface area contributed by atoms with Crippen LogP contribution in [0.2, 0.25) is 0 Å². The zero-order valence-corrected chi connectivity index (χ0v) is 27.8. The lowest BCUT2D eigenvalue weighted by molar-refractivity contribution is -0.344. The van der Waals surface area contributed by atoms with Crippen molar-refractivity contribution < 1.29 is 24.9 Å². The summed E-state index contributed by atoms with van der Waals surface area (Å²) in [5, 5.41) is 34.6. The molecule has 13 atom stereocenters. The molecule has 1 aromatic rings. The third kappa shape index (κ3) is 3.21. The molecule has 7 fully saturated rings. The number of aliphatic carboxylic acids is 1. The van der Waals surface area contributed by atoms with Gasteiger partial charge in [-0.3, -0.25) is 4.79 Å². The van der Waals surface area contributed by atoms with Crippen molar-refractivity contribution in [3.8, 4) is 0 Å². The Balaban J connectivity index is 1.25. The highest BCUT2D eigenvalue weighted by molar-refractivity contribution is 5.74. The van der Waals surface area contributed by atoms with Crippen LogP contribution in [0.15, 0.2) is 30.3 Å². The van der Waals surface area contributed by atoms with Crippen molar-refractivity contribution >= 4 is 5.97 Å². The Morgan fingerprint density at radius 3 is 2.34 bits per heavy atom. The van der Waals surface area contributed by atoms with Gasteiger partial charge in [0.1, 0.15) is 0 Å². The molecule has 5 nitrogen and oxygen atoms in total. The molecule has 1 heterocycles. The molecule has 3 N–H and O–H groups in total. The van der Waals surface area contributed by atoms with Gasteiger partial charge in [-0.05, 0) is 128 Å². The Morgan fingerprint density at radius 2 is 1.61 bits per heavy atom. The van der Waals surface area contributed by atoms with E-state index in [0.29, 0.717) is 12.3 Å². The van der Waals surface area contributed by atoms with Crippen LogP contribution < -0.4 is 0 Å². The highest BCUT2D eigenvalue weighted by atomic mass is 16.6. The fourth-order valence-electron chi connectivity index (χ4n) is 15.2. The number of carboxylic acids is 1. The quantitative estimate of drug-likeness (QED) is 0.328. The van der Waals surface area contributed by atoms with E-state index >= 15 is 0 Å². The number of fused-ring (bicyclic) bond motifs is 3. The summed E-state index contributed by atoms with van der Waals surface area (Å²) in [6, 6.07) is 10.6. The van der Waals surface area contributed by atoms with Crippen LogP contribution >= 0.6 is 0 Å². The minimum Gasteiger partial charge on any atom is -0.481 e. The van der Waals surface area contributed by atoms with E-state index in [1.807, 2.05) is 6.92 Å². The molecule has 0 amide bonds. The van der Waals surface area contributed by atoms with Gasteiger partial charge in [0.05, 0.1) is 17.6 Å². The van der Waals surface area contributed by atoms with E-state index in [4.69, 9.17) is 4.74 Å². The molecule has 4 bridgehead atoms. The molecule has 13 unspecified atom stereocenters. The van der Waals surface area contributed by atoms with Gasteiger partial charge in [-0.15, -0.1) is 0 Å². The van der Waals surface area contributed by atoms with Crippen molar-refractivity contribution in [2.75, 3.05) is 0 Å². The number of aliphatic hydroxyl groups excluding tert-OH is 1. The molecule has 1 aliphatic heterocycles. The number of aliphatic hydroxyl groups is 2. The lowest BCUT2D eigenvalue weighted by atomic mass is 9.22. The molecule has 6 saturated carbocycles. The van der Waals surface area contributed by atoms with E-state index in [2.05, 4.69) is 58.0 Å². The topological polar surface area (TPSA) is 87.0 Å². The Morgan fingerprint density at radius 1 is 0.886 bits per heavy atom. The molecule has 0 aromatic heterocycles. The highest BCUT2D eigenvalue weighted by Gasteiger charge is 2.82. The van der Waals surface area contributed by atoms with Crippen LogP contribution in [0.3, 0.4) is 0 Å². The lowest BCUT2D eigenvalue weighted by Crippen LogP contribution is -2.76. The maximum Gasteiger partial charge on any atom is 0.309 e. The lowest BCUT2D eigenvalue weighted by Gasteiger charge is -2.82. The number of hydrogen-bond donors (Lipinski definition) is 3. The Hall–Kier alpha value is -1.43. The van der Waals surface area contributed by atoms with Crippen molar-refractivity contribution in [1.29, 1.82) is 0 Å². The maximum atomic E-state index is 12.7. The molecule has 0 radical (unpaired) electrons. The van der Waals surface area contributed by atoms with E-state index in [1.165, 1.54) is 37.7 Å². The van der Waals surface area contributed by atoms with Crippen LogP contribution in [-0.2, 0) is 16.0 Å². The molecule has 5 heteroatoms. The summed E-state index contributed by atoms with van der Waals surface area (Å²) in [6.07, 6.45) is 13.4. The van der Waals surface area contributed by atoms with Gasteiger partial charge in [0, 0.05) is 17.8 Å². The third-order valence-electron chi connectivity index (χ3n) is 17.5. The molecule has 1 saturated heterocycles. The largest absolute Gasteiger partial charge is 0.481 e. The summed E-state index contributed by atoms with van der Waals surface area (Å²) in [6.45, 7) is 12.0. The molecule has 44 heavy (non-hydrogen) atoms. The SMILES string of the molecule is CC1C2(O)CC(O)C3C1(CCC14CCCC5(CCC31C)C1CC(C)(C(=O)O)CCC1(C)CCC54C)C(Cc1ccccc1)O2. The van der Waals surface area contributed by atoms with E-state index in [0.717, 1.165) is 51.4 Å². The standard InChI is InChI=1S/C39H56O5/c1-25-38-21-20-37-13-9-12-36(28-24-33(3,31(41)42)15-14-32(28,2)16-18-35(36,37)5)19-17-34(37,4)30(38)27(40)23-39(25,43)44-29(38)22-26-10-7-6-8-11-26/h6-8,10-11,25,27-30,40,43H,9,12-24H2,1-5H3,(H,41,42). The predicted octanol–water partition coefficient (Wildman–Crippen LogP) is 7.77. The van der Waals surface area contributed by atoms with E-state index in [9.17, 15) is 20.1 Å². The van der Waals surface area contributed by atoms with E-state index < -0.39 is 23.3 Å². The maximum absolute atomic E-state index is 12.7. The normalized spacial score (nSPS) is 57.4. The van der Waals surface area contributed by atoms with E-state index in [1.54, 1.807) is 0 Å². The molecule has 242 valence electrons. The van der Waals surface area contributed by atoms with Gasteiger partial charge in [-0.2, -0.15) is 0 Å². The van der Waals surface area contributed by atoms with Gasteiger partial charge in [-0.1, -0.05) is 64.4 Å². The van der Waals surface area contributed by atoms with Gasteiger partial charge < -0.3 is 20.1 Å². The van der Waals surface area contributed by atoms with Gasteiger partial charge in [-0.25, -0.2) is 0 Å². The first-order valence-electron chi connectivity index (χ1n) is 18.0. The average molecular weight is 605 g/mol. The second-order valence-electron chi connectivity index (χ2n) is 18.3. The number of hydrogen-bond acceptors (Lipinski definition) is 4. The fourth-order valence-corrected chi connectivity index (χ4v) is 15.2. The number of ether oxygens (including phenoxy) is 1. The third-order valence-corrected chi connectivity index (χ3v) is 17.5. The smallest absolute Gasteiger partial charge is 0.309 e. The summed E-state index contributed by atoms with van der Waals surface area (Å²) in [5.41, 5.74) is 0.843.